The second-order valence-electron chi connectivity index (χ2n) is 5.84. The maximum atomic E-state index is 12.4. The Hall–Kier alpha value is -2.69. The van der Waals surface area contributed by atoms with Crippen LogP contribution in [0.25, 0.3) is 0 Å². The first-order chi connectivity index (χ1) is 12.1. The topological polar surface area (TPSA) is 73.6 Å². The Bertz CT molecular complexity index is 684. The molecule has 0 aliphatic rings. The van der Waals surface area contributed by atoms with Crippen LogP contribution in [0.1, 0.15) is 43.0 Å². The molecule has 25 heavy (non-hydrogen) atoms. The van der Waals surface area contributed by atoms with Gasteiger partial charge in [0.05, 0.1) is 25.1 Å². The Morgan fingerprint density at radius 1 is 1.04 bits per heavy atom. The van der Waals surface area contributed by atoms with Gasteiger partial charge in [-0.05, 0) is 42.8 Å². The molecule has 0 radical (unpaired) electrons. The fourth-order valence-electron chi connectivity index (χ4n) is 2.39. The Balaban J connectivity index is 1.92. The molecule has 0 heterocycles. The van der Waals surface area contributed by atoms with E-state index in [1.54, 1.807) is 37.4 Å². The summed E-state index contributed by atoms with van der Waals surface area (Å²) in [5.41, 5.74) is 7.45. The highest BCUT2D eigenvalue weighted by Gasteiger charge is 2.09. The third-order valence-corrected chi connectivity index (χ3v) is 3.89. The number of carbonyl (C=O) groups excluding carboxylic acids is 1. The normalized spacial score (nSPS) is 10.3. The third-order valence-electron chi connectivity index (χ3n) is 3.89. The Morgan fingerprint density at radius 3 is 2.44 bits per heavy atom. The molecule has 0 aromatic heterocycles. The van der Waals surface area contributed by atoms with Crippen molar-refractivity contribution < 1.29 is 14.3 Å². The second kappa shape index (κ2) is 9.57. The molecule has 134 valence electrons. The van der Waals surface area contributed by atoms with Crippen molar-refractivity contribution in [2.24, 2.45) is 0 Å². The number of amides is 1. The lowest BCUT2D eigenvalue weighted by Gasteiger charge is -2.11. The van der Waals surface area contributed by atoms with Crippen LogP contribution >= 0.6 is 0 Å². The van der Waals surface area contributed by atoms with Gasteiger partial charge in [-0.1, -0.05) is 26.2 Å². The molecule has 2 rings (SSSR count). The van der Waals surface area contributed by atoms with Crippen LogP contribution in [0.5, 0.6) is 11.5 Å². The molecule has 0 aliphatic heterocycles. The summed E-state index contributed by atoms with van der Waals surface area (Å²) in [5, 5.41) is 2.80. The van der Waals surface area contributed by atoms with E-state index in [0.29, 0.717) is 29.3 Å². The van der Waals surface area contributed by atoms with Crippen LogP contribution in [0.2, 0.25) is 0 Å². The van der Waals surface area contributed by atoms with E-state index in [2.05, 4.69) is 12.2 Å². The third kappa shape index (κ3) is 5.71. The predicted molar refractivity (Wildman–Crippen MR) is 101 cm³/mol. The van der Waals surface area contributed by atoms with Gasteiger partial charge in [-0.25, -0.2) is 0 Å². The molecule has 0 spiro atoms. The minimum Gasteiger partial charge on any atom is -0.497 e. The fourth-order valence-corrected chi connectivity index (χ4v) is 2.39. The Morgan fingerprint density at radius 2 is 1.76 bits per heavy atom. The fraction of sp³-hybridized carbons (Fsp3) is 0.350. The van der Waals surface area contributed by atoms with E-state index in [4.69, 9.17) is 15.2 Å². The highest BCUT2D eigenvalue weighted by Crippen LogP contribution is 2.25. The summed E-state index contributed by atoms with van der Waals surface area (Å²) in [6.45, 7) is 2.88. The molecule has 3 N–H and O–H groups in total. The number of rotatable bonds is 9. The molecule has 0 atom stereocenters. The molecule has 0 saturated carbocycles. The van der Waals surface area contributed by atoms with Gasteiger partial charge >= 0.3 is 0 Å². The monoisotopic (exact) mass is 342 g/mol. The molecule has 0 bridgehead atoms. The van der Waals surface area contributed by atoms with Crippen LogP contribution in [-0.4, -0.2) is 19.6 Å². The first-order valence-electron chi connectivity index (χ1n) is 8.61. The molecule has 1 amide bonds. The summed E-state index contributed by atoms with van der Waals surface area (Å²) >= 11 is 0. The molecule has 5 nitrogen and oxygen atoms in total. The number of methoxy groups -OCH3 is 1. The smallest absolute Gasteiger partial charge is 0.255 e. The van der Waals surface area contributed by atoms with Crippen molar-refractivity contribution in [1.82, 2.24) is 0 Å². The zero-order chi connectivity index (χ0) is 18.1. The van der Waals surface area contributed by atoms with Gasteiger partial charge in [0.25, 0.3) is 5.91 Å². The molecule has 5 heteroatoms. The number of nitrogens with one attached hydrogen (secondary N) is 1. The van der Waals surface area contributed by atoms with Crippen LogP contribution in [0.15, 0.2) is 42.5 Å². The van der Waals surface area contributed by atoms with E-state index >= 15 is 0 Å². The van der Waals surface area contributed by atoms with Crippen molar-refractivity contribution in [3.05, 3.63) is 48.0 Å². The molecular formula is C20H26N2O3. The molecule has 0 saturated heterocycles. The van der Waals surface area contributed by atoms with Crippen molar-refractivity contribution in [2.75, 3.05) is 24.8 Å². The molecule has 0 aliphatic carbocycles. The zero-order valence-corrected chi connectivity index (χ0v) is 14.9. The van der Waals surface area contributed by atoms with Crippen molar-refractivity contribution in [3.8, 4) is 11.5 Å². The summed E-state index contributed by atoms with van der Waals surface area (Å²) in [5.74, 6) is 1.18. The van der Waals surface area contributed by atoms with E-state index in [-0.39, 0.29) is 5.91 Å². The summed E-state index contributed by atoms with van der Waals surface area (Å²) in [4.78, 5) is 12.4. The lowest BCUT2D eigenvalue weighted by atomic mass is 10.2. The van der Waals surface area contributed by atoms with Crippen molar-refractivity contribution in [2.45, 2.75) is 32.6 Å². The highest BCUT2D eigenvalue weighted by atomic mass is 16.5. The van der Waals surface area contributed by atoms with Gasteiger partial charge in [0.1, 0.15) is 11.5 Å². The summed E-state index contributed by atoms with van der Waals surface area (Å²) in [6.07, 6.45) is 4.67. The van der Waals surface area contributed by atoms with E-state index in [9.17, 15) is 4.79 Å². The number of hydrogen-bond donors (Lipinski definition) is 2. The molecule has 2 aromatic rings. The average molecular weight is 342 g/mol. The second-order valence-corrected chi connectivity index (χ2v) is 5.84. The largest absolute Gasteiger partial charge is 0.497 e. The first-order valence-corrected chi connectivity index (χ1v) is 8.61. The first kappa shape index (κ1) is 18.6. The Labute approximate surface area is 149 Å². The van der Waals surface area contributed by atoms with E-state index in [1.807, 2.05) is 12.1 Å². The molecule has 0 unspecified atom stereocenters. The van der Waals surface area contributed by atoms with E-state index < -0.39 is 0 Å². The lowest BCUT2D eigenvalue weighted by molar-refractivity contribution is 0.102. The number of unbranched alkanes of at least 4 members (excludes halogenated alkanes) is 3. The quantitative estimate of drug-likeness (QED) is 0.520. The number of ether oxygens (including phenoxy) is 2. The maximum absolute atomic E-state index is 12.4. The minimum atomic E-state index is -0.227. The van der Waals surface area contributed by atoms with E-state index in [0.717, 1.165) is 12.2 Å². The molecule has 2 aromatic carbocycles. The van der Waals surface area contributed by atoms with E-state index in [1.165, 1.54) is 19.3 Å². The van der Waals surface area contributed by atoms with Gasteiger partial charge in [0.15, 0.2) is 0 Å². The summed E-state index contributed by atoms with van der Waals surface area (Å²) < 4.78 is 10.8. The highest BCUT2D eigenvalue weighted by molar-refractivity contribution is 6.05. The van der Waals surface area contributed by atoms with Gasteiger partial charge in [0, 0.05) is 11.6 Å². The van der Waals surface area contributed by atoms with Crippen molar-refractivity contribution >= 4 is 17.3 Å². The maximum Gasteiger partial charge on any atom is 0.255 e. The van der Waals surface area contributed by atoms with Gasteiger partial charge in [0.2, 0.25) is 0 Å². The van der Waals surface area contributed by atoms with Crippen LogP contribution in [0.4, 0.5) is 11.4 Å². The lowest BCUT2D eigenvalue weighted by Crippen LogP contribution is -2.13. The average Bonchev–Trinajstić information content (AvgIpc) is 2.64. The van der Waals surface area contributed by atoms with Crippen LogP contribution in [0, 0.1) is 0 Å². The van der Waals surface area contributed by atoms with Crippen LogP contribution in [0.3, 0.4) is 0 Å². The van der Waals surface area contributed by atoms with Gasteiger partial charge in [-0.15, -0.1) is 0 Å². The minimum absolute atomic E-state index is 0.227. The number of nitrogens with two attached hydrogens (primary N) is 1. The van der Waals surface area contributed by atoms with Gasteiger partial charge in [-0.2, -0.15) is 0 Å². The number of benzene rings is 2. The SMILES string of the molecule is CCCCCCOc1ccc(C(=O)Nc2cc(OC)ccc2N)cc1. The number of anilines is 2. The van der Waals surface area contributed by atoms with Crippen molar-refractivity contribution in [1.29, 1.82) is 0 Å². The molecule has 0 fully saturated rings. The number of hydrogen-bond acceptors (Lipinski definition) is 4. The number of nitrogen functional groups attached to an aromatic ring is 1. The number of carbonyl (C=O) groups is 1. The van der Waals surface area contributed by atoms with Crippen molar-refractivity contribution in [3.63, 3.8) is 0 Å². The van der Waals surface area contributed by atoms with Crippen LogP contribution in [-0.2, 0) is 0 Å². The van der Waals surface area contributed by atoms with Gasteiger partial charge in [-0.3, -0.25) is 4.79 Å². The summed E-state index contributed by atoms with van der Waals surface area (Å²) in [7, 11) is 1.57. The zero-order valence-electron chi connectivity index (χ0n) is 14.9. The Kier molecular flexibility index (Phi) is 7.14. The van der Waals surface area contributed by atoms with Crippen LogP contribution < -0.4 is 20.5 Å². The summed E-state index contributed by atoms with van der Waals surface area (Å²) in [6, 6.07) is 12.2. The standard InChI is InChI=1S/C20H26N2O3/c1-3-4-5-6-13-25-16-9-7-15(8-10-16)20(23)22-19-14-17(24-2)11-12-18(19)21/h7-12,14H,3-6,13,21H2,1-2H3,(H,22,23). The van der Waals surface area contributed by atoms with Gasteiger partial charge < -0.3 is 20.5 Å². The molecular weight excluding hydrogens is 316 g/mol. The predicted octanol–water partition coefficient (Wildman–Crippen LogP) is 4.49.